The number of fused-ring (bicyclic) bond motifs is 2. The van der Waals surface area contributed by atoms with E-state index in [0.717, 1.165) is 71.7 Å². The molecule has 0 bridgehead atoms. The number of amides is 2. The molecule has 0 unspecified atom stereocenters. The van der Waals surface area contributed by atoms with Crippen molar-refractivity contribution in [2.75, 3.05) is 38.8 Å². The molecule has 2 aliphatic rings. The van der Waals surface area contributed by atoms with Crippen molar-refractivity contribution in [1.82, 2.24) is 28.9 Å². The van der Waals surface area contributed by atoms with Crippen molar-refractivity contribution in [1.29, 1.82) is 0 Å². The molecule has 4 aromatic carbocycles. The van der Waals surface area contributed by atoms with Crippen LogP contribution in [-0.2, 0) is 9.59 Å². The van der Waals surface area contributed by atoms with Crippen LogP contribution in [0, 0.1) is 22.7 Å². The highest BCUT2D eigenvalue weighted by Gasteiger charge is 2.37. The van der Waals surface area contributed by atoms with Crippen molar-refractivity contribution >= 4 is 69.3 Å². The first-order valence-corrected chi connectivity index (χ1v) is 24.7. The minimum atomic E-state index is -4.74. The Balaban J connectivity index is 0.000000216. The van der Waals surface area contributed by atoms with E-state index >= 15 is 0 Å². The first kappa shape index (κ1) is 54.8. The Kier molecular flexibility index (Phi) is 16.2. The summed E-state index contributed by atoms with van der Waals surface area (Å²) in [5.41, 5.74) is 6.72. The normalized spacial score (nSPS) is 19.8. The third kappa shape index (κ3) is 14.6. The highest BCUT2D eigenvalue weighted by Crippen LogP contribution is 2.48. The van der Waals surface area contributed by atoms with E-state index in [-0.39, 0.29) is 46.2 Å². The number of hydrogen-bond acceptors (Lipinski definition) is 8. The molecule has 0 aliphatic heterocycles. The molecule has 74 heavy (non-hydrogen) atoms. The largest absolute Gasteiger partial charge is 0.573 e. The van der Waals surface area contributed by atoms with E-state index in [2.05, 4.69) is 70.8 Å². The van der Waals surface area contributed by atoms with Crippen LogP contribution in [0.1, 0.15) is 103 Å². The second kappa shape index (κ2) is 21.9. The molecule has 2 aliphatic carbocycles. The Labute approximate surface area is 428 Å². The summed E-state index contributed by atoms with van der Waals surface area (Å²) >= 11 is 0. The number of ether oxygens (including phenoxy) is 2. The van der Waals surface area contributed by atoms with Crippen LogP contribution in [-0.4, -0.2) is 81.6 Å². The standard InChI is InChI=1S/2C28H33F3N4O2/c2*1-18-14-21(17-27(2,3)16-18)35-24-12-6-19(7-13-25(36)34(4)5)15-23(24)33-26(35)32-20-8-10-22(11-9-20)37-28(29,30)31/h2*6-13,15,18,21H,14,16-17H2,1-5H3,(H,32,33)/b2*13-7+/t2*18-,21+/m10/s1. The molecule has 8 rings (SSSR count). The number of halogens is 6. The zero-order valence-corrected chi connectivity index (χ0v) is 43.5. The monoisotopic (exact) mass is 1030 g/mol. The van der Waals surface area contributed by atoms with Gasteiger partial charge in [0, 0.05) is 63.8 Å². The summed E-state index contributed by atoms with van der Waals surface area (Å²) in [5, 5.41) is 6.62. The second-order valence-corrected chi connectivity index (χ2v) is 21.8. The lowest BCUT2D eigenvalue weighted by Gasteiger charge is -2.40. The Morgan fingerprint density at radius 2 is 0.932 bits per heavy atom. The molecule has 0 saturated heterocycles. The lowest BCUT2D eigenvalue weighted by Crippen LogP contribution is -2.29. The van der Waals surface area contributed by atoms with Gasteiger partial charge in [-0.25, -0.2) is 9.97 Å². The summed E-state index contributed by atoms with van der Waals surface area (Å²) in [6.45, 7) is 13.7. The van der Waals surface area contributed by atoms with Crippen LogP contribution < -0.4 is 20.1 Å². The van der Waals surface area contributed by atoms with Gasteiger partial charge in [-0.15, -0.1) is 26.3 Å². The Bertz CT molecular complexity index is 2790. The predicted octanol–water partition coefficient (Wildman–Crippen LogP) is 14.3. The van der Waals surface area contributed by atoms with Crippen molar-refractivity contribution in [2.45, 2.75) is 105 Å². The molecule has 12 nitrogen and oxygen atoms in total. The van der Waals surface area contributed by atoms with Gasteiger partial charge in [0.15, 0.2) is 0 Å². The molecule has 2 saturated carbocycles. The second-order valence-electron chi connectivity index (χ2n) is 21.8. The van der Waals surface area contributed by atoms with Gasteiger partial charge < -0.3 is 39.0 Å². The number of rotatable bonds is 12. The highest BCUT2D eigenvalue weighted by molar-refractivity contribution is 5.93. The SMILES string of the molecule is C[C@@H]1C[C@H](n2c(Nc3ccc(OC(F)(F)F)cc3)nc3cc(/C=C/C(=O)N(C)C)ccc32)CC(C)(C)C1.C[C@H]1C[C@@H](n2c(Nc3ccc(OC(F)(F)F)cc3)nc3cc(/C=C/C(=O)N(C)C)ccc32)CC(C)(C)C1. The van der Waals surface area contributed by atoms with E-state index in [4.69, 9.17) is 9.97 Å². The highest BCUT2D eigenvalue weighted by atomic mass is 19.4. The first-order valence-electron chi connectivity index (χ1n) is 24.7. The number of nitrogens with one attached hydrogen (secondary N) is 2. The third-order valence-electron chi connectivity index (χ3n) is 13.3. The van der Waals surface area contributed by atoms with E-state index in [1.807, 2.05) is 36.4 Å². The van der Waals surface area contributed by atoms with Crippen LogP contribution in [0.4, 0.5) is 49.6 Å². The van der Waals surface area contributed by atoms with Crippen LogP contribution in [0.25, 0.3) is 34.2 Å². The Hall–Kier alpha value is -6.98. The van der Waals surface area contributed by atoms with E-state index in [9.17, 15) is 35.9 Å². The van der Waals surface area contributed by atoms with Crippen LogP contribution in [0.3, 0.4) is 0 Å². The van der Waals surface area contributed by atoms with Gasteiger partial charge in [-0.1, -0.05) is 53.7 Å². The predicted molar refractivity (Wildman–Crippen MR) is 279 cm³/mol. The number of hydrogen-bond donors (Lipinski definition) is 2. The fourth-order valence-corrected chi connectivity index (χ4v) is 10.7. The third-order valence-corrected chi connectivity index (χ3v) is 13.3. The maximum atomic E-state index is 12.6. The van der Waals surface area contributed by atoms with E-state index < -0.39 is 12.7 Å². The minimum absolute atomic E-state index is 0.107. The summed E-state index contributed by atoms with van der Waals surface area (Å²) < 4.78 is 87.7. The Morgan fingerprint density at radius 3 is 1.24 bits per heavy atom. The minimum Gasteiger partial charge on any atom is -0.406 e. The van der Waals surface area contributed by atoms with Crippen molar-refractivity contribution in [3.8, 4) is 11.5 Å². The quantitative estimate of drug-likeness (QED) is 0.0919. The number of likely N-dealkylation sites (N-methyl/N-ethyl adjacent to an activating group) is 2. The number of carbonyl (C=O) groups is 2. The molecule has 396 valence electrons. The average molecular weight is 1030 g/mol. The van der Waals surface area contributed by atoms with E-state index in [1.165, 1.54) is 46.2 Å². The lowest BCUT2D eigenvalue weighted by atomic mass is 9.70. The molecule has 6 aromatic rings. The summed E-state index contributed by atoms with van der Waals surface area (Å²) in [6, 6.07) is 23.5. The van der Waals surface area contributed by atoms with Gasteiger partial charge in [0.2, 0.25) is 23.7 Å². The molecular formula is C56H66F6N8O4. The molecule has 2 aromatic heterocycles. The number of carbonyl (C=O) groups excluding carboxylic acids is 2. The Morgan fingerprint density at radius 1 is 0.581 bits per heavy atom. The average Bonchev–Trinajstić information content (AvgIpc) is 3.83. The molecule has 0 radical (unpaired) electrons. The maximum Gasteiger partial charge on any atom is 0.573 e. The number of anilines is 4. The van der Waals surface area contributed by atoms with Crippen molar-refractivity contribution in [3.05, 3.63) is 108 Å². The van der Waals surface area contributed by atoms with Crippen molar-refractivity contribution in [2.24, 2.45) is 22.7 Å². The van der Waals surface area contributed by atoms with Gasteiger partial charge in [0.05, 0.1) is 22.1 Å². The topological polar surface area (TPSA) is 119 Å². The van der Waals surface area contributed by atoms with Crippen LogP contribution in [0.2, 0.25) is 0 Å². The van der Waals surface area contributed by atoms with Gasteiger partial charge >= 0.3 is 12.7 Å². The molecule has 0 spiro atoms. The van der Waals surface area contributed by atoms with E-state index in [0.29, 0.717) is 35.1 Å². The van der Waals surface area contributed by atoms with Gasteiger partial charge in [-0.05, 0) is 157 Å². The number of nitrogens with zero attached hydrogens (tertiary/aromatic N) is 6. The van der Waals surface area contributed by atoms with Gasteiger partial charge in [-0.2, -0.15) is 0 Å². The molecule has 2 amide bonds. The number of aromatic nitrogens is 4. The number of benzene rings is 4. The van der Waals surface area contributed by atoms with Gasteiger partial charge in [-0.3, -0.25) is 9.59 Å². The van der Waals surface area contributed by atoms with Crippen molar-refractivity contribution in [3.63, 3.8) is 0 Å². The number of alkyl halides is 6. The summed E-state index contributed by atoms with van der Waals surface area (Å²) in [4.78, 5) is 36.7. The molecule has 4 atom stereocenters. The zero-order valence-electron chi connectivity index (χ0n) is 43.5. The molecule has 2 N–H and O–H groups in total. The fraction of sp³-hybridized carbons (Fsp3) is 0.429. The summed E-state index contributed by atoms with van der Waals surface area (Å²) in [7, 11) is 6.79. The fourth-order valence-electron chi connectivity index (χ4n) is 10.7. The maximum absolute atomic E-state index is 12.6. The summed E-state index contributed by atoms with van der Waals surface area (Å²) in [6.07, 6.45) is 3.35. The van der Waals surface area contributed by atoms with Crippen LogP contribution in [0.15, 0.2) is 97.1 Å². The van der Waals surface area contributed by atoms with Crippen LogP contribution in [0.5, 0.6) is 11.5 Å². The summed E-state index contributed by atoms with van der Waals surface area (Å²) in [5.74, 6) is 1.55. The molecule has 2 heterocycles. The zero-order chi connectivity index (χ0) is 53.9. The lowest BCUT2D eigenvalue weighted by molar-refractivity contribution is -0.275. The van der Waals surface area contributed by atoms with E-state index in [1.54, 1.807) is 64.6 Å². The van der Waals surface area contributed by atoms with Gasteiger partial charge in [0.25, 0.3) is 0 Å². The van der Waals surface area contributed by atoms with Crippen molar-refractivity contribution < 1.29 is 45.4 Å². The van der Waals surface area contributed by atoms with Crippen LogP contribution >= 0.6 is 0 Å². The van der Waals surface area contributed by atoms with Gasteiger partial charge in [0.1, 0.15) is 11.5 Å². The smallest absolute Gasteiger partial charge is 0.406 e. The number of imidazole rings is 2. The first-order chi connectivity index (χ1) is 34.6. The molecule has 18 heteroatoms. The molecular weight excluding hydrogens is 963 g/mol. The molecule has 2 fully saturated rings.